The lowest BCUT2D eigenvalue weighted by Crippen LogP contribution is -2.17. The molecule has 1 saturated carbocycles. The van der Waals surface area contributed by atoms with E-state index in [1.54, 1.807) is 6.92 Å². The molecule has 0 aromatic heterocycles. The van der Waals surface area contributed by atoms with Gasteiger partial charge in [-0.1, -0.05) is 6.42 Å². The molecule has 80 valence electrons. The summed E-state index contributed by atoms with van der Waals surface area (Å²) >= 11 is 0. The van der Waals surface area contributed by atoms with E-state index < -0.39 is 7.12 Å². The van der Waals surface area contributed by atoms with E-state index in [2.05, 4.69) is 0 Å². The van der Waals surface area contributed by atoms with Crippen LogP contribution in [0.1, 0.15) is 26.2 Å². The minimum absolute atomic E-state index is 0.0290. The summed E-state index contributed by atoms with van der Waals surface area (Å²) in [5.74, 6) is 0.0885. The third-order valence-electron chi connectivity index (χ3n) is 2.71. The van der Waals surface area contributed by atoms with Crippen LogP contribution in [0.15, 0.2) is 0 Å². The molecule has 2 atom stereocenters. The van der Waals surface area contributed by atoms with Crippen LogP contribution in [0.3, 0.4) is 0 Å². The van der Waals surface area contributed by atoms with Crippen LogP contribution in [0.4, 0.5) is 0 Å². The van der Waals surface area contributed by atoms with Crippen LogP contribution in [-0.2, 0) is 9.53 Å². The van der Waals surface area contributed by atoms with Crippen LogP contribution >= 0.6 is 0 Å². The van der Waals surface area contributed by atoms with Crippen LogP contribution in [0.2, 0.25) is 6.32 Å². The van der Waals surface area contributed by atoms with Gasteiger partial charge in [0.15, 0.2) is 0 Å². The largest absolute Gasteiger partial charge is 0.466 e. The lowest BCUT2D eigenvalue weighted by Gasteiger charge is -2.09. The summed E-state index contributed by atoms with van der Waals surface area (Å²) in [6, 6.07) is 0. The number of esters is 1. The average molecular weight is 200 g/mol. The fourth-order valence-electron chi connectivity index (χ4n) is 2.06. The first kappa shape index (κ1) is 11.5. The topological polar surface area (TPSA) is 66.8 Å². The molecule has 14 heavy (non-hydrogen) atoms. The second-order valence-electron chi connectivity index (χ2n) is 3.84. The zero-order valence-electron chi connectivity index (χ0n) is 8.48. The Labute approximate surface area is 84.4 Å². The molecule has 0 aliphatic heterocycles. The molecule has 0 saturated heterocycles. The molecular formula is C9H17BO4. The highest BCUT2D eigenvalue weighted by molar-refractivity contribution is 6.41. The Morgan fingerprint density at radius 3 is 2.79 bits per heavy atom. The third kappa shape index (κ3) is 3.31. The summed E-state index contributed by atoms with van der Waals surface area (Å²) in [4.78, 5) is 11.3. The van der Waals surface area contributed by atoms with Crippen molar-refractivity contribution in [2.75, 3.05) is 6.61 Å². The lowest BCUT2D eigenvalue weighted by atomic mass is 9.77. The van der Waals surface area contributed by atoms with Crippen LogP contribution in [-0.4, -0.2) is 29.7 Å². The van der Waals surface area contributed by atoms with Gasteiger partial charge >= 0.3 is 13.1 Å². The molecule has 2 N–H and O–H groups in total. The highest BCUT2D eigenvalue weighted by atomic mass is 16.5. The van der Waals surface area contributed by atoms with Crippen molar-refractivity contribution in [2.45, 2.75) is 32.5 Å². The molecule has 0 spiro atoms. The summed E-state index contributed by atoms with van der Waals surface area (Å²) in [5.41, 5.74) is 0. The maximum atomic E-state index is 11.3. The van der Waals surface area contributed by atoms with Gasteiger partial charge in [-0.25, -0.2) is 0 Å². The van der Waals surface area contributed by atoms with E-state index in [0.717, 1.165) is 19.3 Å². The number of rotatable bonds is 4. The first-order chi connectivity index (χ1) is 6.63. The molecule has 0 bridgehead atoms. The van der Waals surface area contributed by atoms with Gasteiger partial charge in [0, 0.05) is 0 Å². The van der Waals surface area contributed by atoms with Crippen molar-refractivity contribution >= 4 is 13.1 Å². The van der Waals surface area contributed by atoms with E-state index >= 15 is 0 Å². The Kier molecular flexibility index (Phi) is 4.42. The SMILES string of the molecule is CCOC(=O)C1CCC(CB(O)O)C1. The monoisotopic (exact) mass is 200 g/mol. The smallest absolute Gasteiger partial charge is 0.451 e. The molecule has 0 radical (unpaired) electrons. The minimum atomic E-state index is -1.25. The first-order valence-corrected chi connectivity index (χ1v) is 5.16. The van der Waals surface area contributed by atoms with Crippen LogP contribution < -0.4 is 0 Å². The Bertz CT molecular complexity index is 195. The van der Waals surface area contributed by atoms with Crippen molar-refractivity contribution in [3.05, 3.63) is 0 Å². The van der Waals surface area contributed by atoms with Crippen molar-refractivity contribution in [1.82, 2.24) is 0 Å². The highest BCUT2D eigenvalue weighted by Gasteiger charge is 2.32. The van der Waals surface area contributed by atoms with E-state index in [-0.39, 0.29) is 17.8 Å². The molecule has 1 fully saturated rings. The van der Waals surface area contributed by atoms with Gasteiger partial charge in [-0.2, -0.15) is 0 Å². The number of hydrogen-bond acceptors (Lipinski definition) is 4. The van der Waals surface area contributed by atoms with Gasteiger partial charge < -0.3 is 14.8 Å². The Hall–Kier alpha value is -0.545. The van der Waals surface area contributed by atoms with Crippen LogP contribution in [0, 0.1) is 11.8 Å². The summed E-state index contributed by atoms with van der Waals surface area (Å²) in [6.07, 6.45) is 2.81. The molecule has 0 aromatic rings. The quantitative estimate of drug-likeness (QED) is 0.510. The molecule has 0 heterocycles. The summed E-state index contributed by atoms with van der Waals surface area (Å²) in [5, 5.41) is 17.6. The van der Waals surface area contributed by atoms with E-state index in [1.807, 2.05) is 0 Å². The van der Waals surface area contributed by atoms with Crippen molar-refractivity contribution in [3.8, 4) is 0 Å². The number of carbonyl (C=O) groups is 1. The van der Waals surface area contributed by atoms with E-state index in [9.17, 15) is 4.79 Å². The predicted octanol–water partition coefficient (Wildman–Crippen LogP) is 0.439. The van der Waals surface area contributed by atoms with E-state index in [1.165, 1.54) is 0 Å². The lowest BCUT2D eigenvalue weighted by molar-refractivity contribution is -0.147. The third-order valence-corrected chi connectivity index (χ3v) is 2.71. The van der Waals surface area contributed by atoms with Gasteiger partial charge in [-0.3, -0.25) is 4.79 Å². The van der Waals surface area contributed by atoms with Crippen molar-refractivity contribution in [3.63, 3.8) is 0 Å². The van der Waals surface area contributed by atoms with Gasteiger partial charge in [0.25, 0.3) is 0 Å². The van der Waals surface area contributed by atoms with Crippen LogP contribution in [0.5, 0.6) is 0 Å². The molecule has 0 aromatic carbocycles. The maximum Gasteiger partial charge on any atom is 0.451 e. The molecule has 1 aliphatic rings. The zero-order chi connectivity index (χ0) is 10.6. The molecule has 4 nitrogen and oxygen atoms in total. The van der Waals surface area contributed by atoms with Gasteiger partial charge in [0.05, 0.1) is 12.5 Å². The minimum Gasteiger partial charge on any atom is -0.466 e. The molecule has 1 aliphatic carbocycles. The second kappa shape index (κ2) is 5.36. The fourth-order valence-corrected chi connectivity index (χ4v) is 2.06. The summed E-state index contributed by atoms with van der Waals surface area (Å²) in [7, 11) is -1.25. The predicted molar refractivity (Wildman–Crippen MR) is 52.5 cm³/mol. The fraction of sp³-hybridized carbons (Fsp3) is 0.889. The normalized spacial score (nSPS) is 26.2. The zero-order valence-corrected chi connectivity index (χ0v) is 8.48. The van der Waals surface area contributed by atoms with Crippen molar-refractivity contribution < 1.29 is 19.6 Å². The molecule has 2 unspecified atom stereocenters. The van der Waals surface area contributed by atoms with Gasteiger partial charge in [0.1, 0.15) is 0 Å². The second-order valence-corrected chi connectivity index (χ2v) is 3.84. The summed E-state index contributed by atoms with van der Waals surface area (Å²) < 4.78 is 4.92. The van der Waals surface area contributed by atoms with Crippen molar-refractivity contribution in [1.29, 1.82) is 0 Å². The number of carbonyl (C=O) groups excluding carboxylic acids is 1. The van der Waals surface area contributed by atoms with Crippen molar-refractivity contribution in [2.24, 2.45) is 11.8 Å². The number of hydrogen-bond donors (Lipinski definition) is 2. The van der Waals surface area contributed by atoms with E-state index in [4.69, 9.17) is 14.8 Å². The van der Waals surface area contributed by atoms with Gasteiger partial charge in [-0.15, -0.1) is 0 Å². The number of ether oxygens (including phenoxy) is 1. The van der Waals surface area contributed by atoms with Crippen LogP contribution in [0.25, 0.3) is 0 Å². The standard InChI is InChI=1S/C9H17BO4/c1-2-14-9(11)8-4-3-7(5-8)6-10(12)13/h7-8,12-13H,2-6H2,1H3. The molecular weight excluding hydrogens is 183 g/mol. The Morgan fingerprint density at radius 1 is 1.50 bits per heavy atom. The van der Waals surface area contributed by atoms with E-state index in [0.29, 0.717) is 12.9 Å². The first-order valence-electron chi connectivity index (χ1n) is 5.16. The average Bonchev–Trinajstić information content (AvgIpc) is 2.52. The summed E-state index contributed by atoms with van der Waals surface area (Å²) in [6.45, 7) is 2.21. The molecule has 5 heteroatoms. The maximum absolute atomic E-state index is 11.3. The van der Waals surface area contributed by atoms with Gasteiger partial charge in [-0.05, 0) is 32.0 Å². The molecule has 0 amide bonds. The Balaban J connectivity index is 2.29. The molecule has 1 rings (SSSR count). The highest BCUT2D eigenvalue weighted by Crippen LogP contribution is 2.34. The van der Waals surface area contributed by atoms with Gasteiger partial charge in [0.2, 0.25) is 0 Å². The Morgan fingerprint density at radius 2 is 2.21 bits per heavy atom.